The van der Waals surface area contributed by atoms with Crippen molar-refractivity contribution in [3.63, 3.8) is 0 Å². The number of carbonyl (C=O) groups is 1. The molecule has 3 heteroatoms. The lowest BCUT2D eigenvalue weighted by molar-refractivity contribution is -0.117. The highest BCUT2D eigenvalue weighted by molar-refractivity contribution is 5.91. The maximum Gasteiger partial charge on any atom is 0.224 e. The summed E-state index contributed by atoms with van der Waals surface area (Å²) in [6, 6.07) is 5.15. The second kappa shape index (κ2) is 5.54. The third-order valence-corrected chi connectivity index (χ3v) is 2.72. The summed E-state index contributed by atoms with van der Waals surface area (Å²) < 4.78 is 0. The molecule has 0 aliphatic rings. The minimum Gasteiger partial charge on any atom is -0.508 e. The number of rotatable bonds is 4. The van der Waals surface area contributed by atoms with Gasteiger partial charge in [-0.05, 0) is 24.5 Å². The molecule has 0 saturated carbocycles. The molecule has 88 valence electrons. The van der Waals surface area contributed by atoms with E-state index in [0.29, 0.717) is 18.0 Å². The molecule has 0 spiro atoms. The zero-order valence-electron chi connectivity index (χ0n) is 10.1. The SMILES string of the molecule is CCC(C)CC(=O)Nc1ccc(C)c(O)c1. The lowest BCUT2D eigenvalue weighted by Crippen LogP contribution is -2.14. The Labute approximate surface area is 96.5 Å². The molecule has 1 atom stereocenters. The highest BCUT2D eigenvalue weighted by Crippen LogP contribution is 2.21. The molecule has 1 aromatic rings. The van der Waals surface area contributed by atoms with Gasteiger partial charge in [0.2, 0.25) is 5.91 Å². The highest BCUT2D eigenvalue weighted by atomic mass is 16.3. The summed E-state index contributed by atoms with van der Waals surface area (Å²) in [6.07, 6.45) is 1.51. The fraction of sp³-hybridized carbons (Fsp3) is 0.462. The topological polar surface area (TPSA) is 49.3 Å². The van der Waals surface area contributed by atoms with Crippen LogP contribution in [0.5, 0.6) is 5.75 Å². The lowest BCUT2D eigenvalue weighted by Gasteiger charge is -2.10. The van der Waals surface area contributed by atoms with Crippen LogP contribution in [0.1, 0.15) is 32.3 Å². The van der Waals surface area contributed by atoms with E-state index in [1.807, 2.05) is 13.8 Å². The lowest BCUT2D eigenvalue weighted by atomic mass is 10.0. The molecule has 1 amide bonds. The first-order chi connectivity index (χ1) is 7.52. The molecule has 0 radical (unpaired) electrons. The Morgan fingerprint density at radius 2 is 2.19 bits per heavy atom. The van der Waals surface area contributed by atoms with Gasteiger partial charge in [0.25, 0.3) is 0 Å². The fourth-order valence-electron chi connectivity index (χ4n) is 1.36. The second-order valence-electron chi connectivity index (χ2n) is 4.27. The standard InChI is InChI=1S/C13H19NO2/c1-4-9(2)7-13(16)14-11-6-5-10(3)12(15)8-11/h5-6,8-9,15H,4,7H2,1-3H3,(H,14,16). The van der Waals surface area contributed by atoms with Crippen LogP contribution < -0.4 is 5.32 Å². The van der Waals surface area contributed by atoms with Crippen LogP contribution in [-0.2, 0) is 4.79 Å². The van der Waals surface area contributed by atoms with Crippen LogP contribution in [-0.4, -0.2) is 11.0 Å². The van der Waals surface area contributed by atoms with Crippen molar-refractivity contribution >= 4 is 11.6 Å². The van der Waals surface area contributed by atoms with E-state index in [9.17, 15) is 9.90 Å². The van der Waals surface area contributed by atoms with E-state index in [0.717, 1.165) is 12.0 Å². The van der Waals surface area contributed by atoms with E-state index in [4.69, 9.17) is 0 Å². The van der Waals surface area contributed by atoms with Crippen molar-refractivity contribution in [1.82, 2.24) is 0 Å². The summed E-state index contributed by atoms with van der Waals surface area (Å²) in [5, 5.41) is 12.3. The molecule has 0 aliphatic carbocycles. The van der Waals surface area contributed by atoms with Crippen LogP contribution in [0.4, 0.5) is 5.69 Å². The van der Waals surface area contributed by atoms with E-state index in [1.54, 1.807) is 18.2 Å². The van der Waals surface area contributed by atoms with Crippen LogP contribution in [0, 0.1) is 12.8 Å². The Balaban J connectivity index is 2.59. The van der Waals surface area contributed by atoms with E-state index >= 15 is 0 Å². The molecule has 0 heterocycles. The van der Waals surface area contributed by atoms with Crippen molar-refractivity contribution in [3.8, 4) is 5.75 Å². The quantitative estimate of drug-likeness (QED) is 0.820. The first-order valence-corrected chi connectivity index (χ1v) is 5.62. The predicted octanol–water partition coefficient (Wildman–Crippen LogP) is 3.08. The van der Waals surface area contributed by atoms with Gasteiger partial charge >= 0.3 is 0 Å². The summed E-state index contributed by atoms with van der Waals surface area (Å²) in [5.41, 5.74) is 1.45. The van der Waals surface area contributed by atoms with Gasteiger partial charge in [0.15, 0.2) is 0 Å². The summed E-state index contributed by atoms with van der Waals surface area (Å²) in [4.78, 5) is 11.6. The van der Waals surface area contributed by atoms with Gasteiger partial charge in [-0.25, -0.2) is 0 Å². The Hall–Kier alpha value is -1.51. The highest BCUT2D eigenvalue weighted by Gasteiger charge is 2.08. The van der Waals surface area contributed by atoms with Crippen molar-refractivity contribution in [2.45, 2.75) is 33.6 Å². The number of aryl methyl sites for hydroxylation is 1. The Morgan fingerprint density at radius 3 is 2.75 bits per heavy atom. The summed E-state index contributed by atoms with van der Waals surface area (Å²) in [5.74, 6) is 0.595. The normalized spacial score (nSPS) is 12.2. The third-order valence-electron chi connectivity index (χ3n) is 2.72. The summed E-state index contributed by atoms with van der Waals surface area (Å²) in [7, 11) is 0. The molecule has 1 aromatic carbocycles. The van der Waals surface area contributed by atoms with Crippen molar-refractivity contribution in [1.29, 1.82) is 0 Å². The molecule has 0 aliphatic heterocycles. The predicted molar refractivity (Wildman–Crippen MR) is 65.5 cm³/mol. The molecule has 3 nitrogen and oxygen atoms in total. The third kappa shape index (κ3) is 3.57. The van der Waals surface area contributed by atoms with E-state index in [1.165, 1.54) is 0 Å². The molecule has 0 saturated heterocycles. The Kier molecular flexibility index (Phi) is 4.35. The van der Waals surface area contributed by atoms with Gasteiger partial charge in [0, 0.05) is 18.2 Å². The van der Waals surface area contributed by atoms with Crippen LogP contribution in [0.15, 0.2) is 18.2 Å². The van der Waals surface area contributed by atoms with Gasteiger partial charge in [0.05, 0.1) is 0 Å². The smallest absolute Gasteiger partial charge is 0.224 e. The van der Waals surface area contributed by atoms with Gasteiger partial charge in [0.1, 0.15) is 5.75 Å². The molecular weight excluding hydrogens is 202 g/mol. The van der Waals surface area contributed by atoms with Crippen LogP contribution >= 0.6 is 0 Å². The van der Waals surface area contributed by atoms with Gasteiger partial charge in [-0.15, -0.1) is 0 Å². The summed E-state index contributed by atoms with van der Waals surface area (Å²) >= 11 is 0. The molecule has 0 aromatic heterocycles. The second-order valence-corrected chi connectivity index (χ2v) is 4.27. The number of anilines is 1. The monoisotopic (exact) mass is 221 g/mol. The number of aromatic hydroxyl groups is 1. The Morgan fingerprint density at radius 1 is 1.50 bits per heavy atom. The Bertz CT molecular complexity index is 374. The van der Waals surface area contributed by atoms with Crippen LogP contribution in [0.25, 0.3) is 0 Å². The van der Waals surface area contributed by atoms with Crippen molar-refractivity contribution in [2.75, 3.05) is 5.32 Å². The number of amides is 1. The van der Waals surface area contributed by atoms with Crippen molar-refractivity contribution in [2.24, 2.45) is 5.92 Å². The molecule has 16 heavy (non-hydrogen) atoms. The van der Waals surface area contributed by atoms with Crippen LogP contribution in [0.2, 0.25) is 0 Å². The molecule has 1 unspecified atom stereocenters. The van der Waals surface area contributed by atoms with E-state index in [2.05, 4.69) is 12.2 Å². The largest absolute Gasteiger partial charge is 0.508 e. The molecule has 0 fully saturated rings. The fourth-order valence-corrected chi connectivity index (χ4v) is 1.36. The molecule has 1 rings (SSSR count). The van der Waals surface area contributed by atoms with Gasteiger partial charge in [-0.3, -0.25) is 4.79 Å². The first-order valence-electron chi connectivity index (χ1n) is 5.62. The summed E-state index contributed by atoms with van der Waals surface area (Å²) in [6.45, 7) is 5.93. The maximum atomic E-state index is 11.6. The maximum absolute atomic E-state index is 11.6. The van der Waals surface area contributed by atoms with Gasteiger partial charge in [-0.1, -0.05) is 26.3 Å². The minimum atomic E-state index is -0.00222. The number of benzene rings is 1. The average Bonchev–Trinajstić information content (AvgIpc) is 2.23. The molecule has 2 N–H and O–H groups in total. The average molecular weight is 221 g/mol. The van der Waals surface area contributed by atoms with E-state index < -0.39 is 0 Å². The first kappa shape index (κ1) is 12.6. The number of phenolic OH excluding ortho intramolecular Hbond substituents is 1. The zero-order chi connectivity index (χ0) is 12.1. The van der Waals surface area contributed by atoms with Crippen molar-refractivity contribution < 1.29 is 9.90 Å². The molecule has 0 bridgehead atoms. The number of phenols is 1. The van der Waals surface area contributed by atoms with E-state index in [-0.39, 0.29) is 11.7 Å². The number of hydrogen-bond acceptors (Lipinski definition) is 2. The number of carbonyl (C=O) groups excluding carboxylic acids is 1. The van der Waals surface area contributed by atoms with Gasteiger partial charge < -0.3 is 10.4 Å². The van der Waals surface area contributed by atoms with Gasteiger partial charge in [-0.2, -0.15) is 0 Å². The minimum absolute atomic E-state index is 0.00222. The number of hydrogen-bond donors (Lipinski definition) is 2. The molecular formula is C13H19NO2. The number of nitrogens with one attached hydrogen (secondary N) is 1. The van der Waals surface area contributed by atoms with Crippen LogP contribution in [0.3, 0.4) is 0 Å². The van der Waals surface area contributed by atoms with Crippen molar-refractivity contribution in [3.05, 3.63) is 23.8 Å². The zero-order valence-corrected chi connectivity index (χ0v) is 10.1.